The van der Waals surface area contributed by atoms with Gasteiger partial charge in [-0.1, -0.05) is 25.4 Å². The molecule has 0 aliphatic heterocycles. The number of halogens is 1. The van der Waals surface area contributed by atoms with E-state index in [0.29, 0.717) is 16.3 Å². The molecule has 1 rings (SSSR count). The lowest BCUT2D eigenvalue weighted by Gasteiger charge is -2.11. The number of ether oxygens (including phenoxy) is 1. The lowest BCUT2D eigenvalue weighted by molar-refractivity contribution is -0.115. The Balaban J connectivity index is 2.77. The lowest BCUT2D eigenvalue weighted by Crippen LogP contribution is -2.32. The van der Waals surface area contributed by atoms with Crippen molar-refractivity contribution in [3.8, 4) is 0 Å². The minimum atomic E-state index is -0.479. The van der Waals surface area contributed by atoms with Crippen molar-refractivity contribution in [2.24, 2.45) is 0 Å². The average Bonchev–Trinajstić information content (AvgIpc) is 2.38. The van der Waals surface area contributed by atoms with Gasteiger partial charge >= 0.3 is 5.97 Å². The Kier molecular flexibility index (Phi) is 5.79. The Morgan fingerprint density at radius 1 is 1.37 bits per heavy atom. The van der Waals surface area contributed by atoms with Crippen molar-refractivity contribution in [2.75, 3.05) is 19.0 Å². The Morgan fingerprint density at radius 2 is 2.05 bits per heavy atom. The summed E-state index contributed by atoms with van der Waals surface area (Å²) in [5, 5.41) is 6.00. The van der Waals surface area contributed by atoms with Gasteiger partial charge in [0.25, 0.3) is 0 Å². The van der Waals surface area contributed by atoms with Crippen molar-refractivity contribution in [2.45, 2.75) is 19.9 Å². The molecule has 0 heterocycles. The third-order valence-electron chi connectivity index (χ3n) is 2.33. The second-order valence-electron chi connectivity index (χ2n) is 4.27. The van der Waals surface area contributed by atoms with Crippen molar-refractivity contribution in [3.63, 3.8) is 0 Å². The Labute approximate surface area is 117 Å². The monoisotopic (exact) mass is 284 g/mol. The predicted molar refractivity (Wildman–Crippen MR) is 74.6 cm³/mol. The molecule has 5 nitrogen and oxygen atoms in total. The number of benzene rings is 1. The highest BCUT2D eigenvalue weighted by atomic mass is 35.5. The van der Waals surface area contributed by atoms with Crippen LogP contribution in [0.3, 0.4) is 0 Å². The highest BCUT2D eigenvalue weighted by Gasteiger charge is 2.11. The smallest absolute Gasteiger partial charge is 0.337 e. The second kappa shape index (κ2) is 7.11. The molecule has 0 fully saturated rings. The number of esters is 1. The van der Waals surface area contributed by atoms with Crippen molar-refractivity contribution >= 4 is 29.2 Å². The van der Waals surface area contributed by atoms with E-state index in [0.717, 1.165) is 0 Å². The van der Waals surface area contributed by atoms with Gasteiger partial charge in [0.1, 0.15) is 0 Å². The van der Waals surface area contributed by atoms with Crippen molar-refractivity contribution in [3.05, 3.63) is 28.8 Å². The molecular formula is C13H17ClN2O3. The summed E-state index contributed by atoms with van der Waals surface area (Å²) in [6.45, 7) is 4.06. The zero-order chi connectivity index (χ0) is 14.4. The maximum Gasteiger partial charge on any atom is 0.337 e. The third-order valence-corrected chi connectivity index (χ3v) is 2.66. The number of anilines is 1. The SMILES string of the molecule is COC(=O)c1ccc(Cl)c(NC(=O)CNC(C)C)c1. The first-order chi connectivity index (χ1) is 8.93. The van der Waals surface area contributed by atoms with Crippen LogP contribution in [-0.2, 0) is 9.53 Å². The Hall–Kier alpha value is -1.59. The van der Waals surface area contributed by atoms with E-state index in [1.807, 2.05) is 13.8 Å². The molecule has 1 aromatic rings. The maximum absolute atomic E-state index is 11.7. The molecule has 2 N–H and O–H groups in total. The number of hydrogen-bond acceptors (Lipinski definition) is 4. The quantitative estimate of drug-likeness (QED) is 0.812. The molecule has 0 radical (unpaired) electrons. The van der Waals surface area contributed by atoms with E-state index in [4.69, 9.17) is 11.6 Å². The fourth-order valence-electron chi connectivity index (χ4n) is 1.36. The van der Waals surface area contributed by atoms with Crippen molar-refractivity contribution in [1.82, 2.24) is 5.32 Å². The van der Waals surface area contributed by atoms with Gasteiger partial charge < -0.3 is 15.4 Å². The second-order valence-corrected chi connectivity index (χ2v) is 4.68. The molecule has 6 heteroatoms. The summed E-state index contributed by atoms with van der Waals surface area (Å²) in [6, 6.07) is 4.78. The van der Waals surface area contributed by atoms with Crippen LogP contribution < -0.4 is 10.6 Å². The highest BCUT2D eigenvalue weighted by molar-refractivity contribution is 6.33. The van der Waals surface area contributed by atoms with Gasteiger partial charge in [0.2, 0.25) is 5.91 Å². The minimum absolute atomic E-state index is 0.177. The number of carbonyl (C=O) groups excluding carboxylic acids is 2. The molecule has 0 aromatic heterocycles. The van der Waals surface area contributed by atoms with E-state index in [-0.39, 0.29) is 18.5 Å². The fourth-order valence-corrected chi connectivity index (χ4v) is 1.52. The Bertz CT molecular complexity index is 475. The average molecular weight is 285 g/mol. The topological polar surface area (TPSA) is 67.4 Å². The zero-order valence-corrected chi connectivity index (χ0v) is 11.9. The number of rotatable bonds is 5. The van der Waals surface area contributed by atoms with Crippen LogP contribution in [0.1, 0.15) is 24.2 Å². The van der Waals surface area contributed by atoms with Gasteiger partial charge in [-0.3, -0.25) is 4.79 Å². The van der Waals surface area contributed by atoms with Gasteiger partial charge in [-0.2, -0.15) is 0 Å². The largest absolute Gasteiger partial charge is 0.465 e. The van der Waals surface area contributed by atoms with E-state index in [9.17, 15) is 9.59 Å². The van der Waals surface area contributed by atoms with Crippen molar-refractivity contribution in [1.29, 1.82) is 0 Å². The van der Waals surface area contributed by atoms with Crippen LogP contribution in [0.4, 0.5) is 5.69 Å². The Morgan fingerprint density at radius 3 is 2.63 bits per heavy atom. The summed E-state index contributed by atoms with van der Waals surface area (Å²) in [6.07, 6.45) is 0. The number of nitrogens with one attached hydrogen (secondary N) is 2. The number of methoxy groups -OCH3 is 1. The first-order valence-electron chi connectivity index (χ1n) is 5.85. The first-order valence-corrected chi connectivity index (χ1v) is 6.23. The minimum Gasteiger partial charge on any atom is -0.465 e. The van der Waals surface area contributed by atoms with Gasteiger partial charge in [-0.25, -0.2) is 4.79 Å². The standard InChI is InChI=1S/C13H17ClN2O3/c1-8(2)15-7-12(17)16-11-6-9(13(18)19-3)4-5-10(11)14/h4-6,8,15H,7H2,1-3H3,(H,16,17). The van der Waals surface area contributed by atoms with E-state index in [2.05, 4.69) is 15.4 Å². The third kappa shape index (κ3) is 4.89. The molecule has 0 aliphatic rings. The number of amides is 1. The summed E-state index contributed by atoms with van der Waals surface area (Å²) in [5.41, 5.74) is 0.721. The van der Waals surface area contributed by atoms with Gasteiger partial charge in [0, 0.05) is 6.04 Å². The highest BCUT2D eigenvalue weighted by Crippen LogP contribution is 2.23. The van der Waals surface area contributed by atoms with Gasteiger partial charge in [0.05, 0.1) is 29.9 Å². The van der Waals surface area contributed by atoms with E-state index >= 15 is 0 Å². The molecule has 0 unspecified atom stereocenters. The van der Waals surface area contributed by atoms with Crippen LogP contribution >= 0.6 is 11.6 Å². The summed E-state index contributed by atoms with van der Waals surface area (Å²) in [4.78, 5) is 23.1. The molecule has 0 saturated carbocycles. The van der Waals surface area contributed by atoms with Crippen LogP contribution in [0.5, 0.6) is 0 Å². The maximum atomic E-state index is 11.7. The van der Waals surface area contributed by atoms with Crippen LogP contribution in [0.2, 0.25) is 5.02 Å². The van der Waals surface area contributed by atoms with E-state index in [1.54, 1.807) is 6.07 Å². The molecule has 1 amide bonds. The predicted octanol–water partition coefficient (Wildman–Crippen LogP) is 2.06. The summed E-state index contributed by atoms with van der Waals surface area (Å²) < 4.78 is 4.61. The molecule has 104 valence electrons. The fraction of sp³-hybridized carbons (Fsp3) is 0.385. The summed E-state index contributed by atoms with van der Waals surface area (Å²) in [7, 11) is 1.29. The molecule has 0 atom stereocenters. The summed E-state index contributed by atoms with van der Waals surface area (Å²) >= 11 is 5.96. The van der Waals surface area contributed by atoms with Crippen LogP contribution in [0.25, 0.3) is 0 Å². The van der Waals surface area contributed by atoms with Crippen molar-refractivity contribution < 1.29 is 14.3 Å². The van der Waals surface area contributed by atoms with E-state index < -0.39 is 5.97 Å². The molecular weight excluding hydrogens is 268 g/mol. The number of carbonyl (C=O) groups is 2. The molecule has 1 aromatic carbocycles. The van der Waals surface area contributed by atoms with E-state index in [1.165, 1.54) is 19.2 Å². The van der Waals surface area contributed by atoms with Gasteiger partial charge in [0.15, 0.2) is 0 Å². The normalized spacial score (nSPS) is 10.4. The molecule has 0 aliphatic carbocycles. The van der Waals surface area contributed by atoms with Gasteiger partial charge in [-0.15, -0.1) is 0 Å². The number of hydrogen-bond donors (Lipinski definition) is 2. The molecule has 0 spiro atoms. The van der Waals surface area contributed by atoms with Crippen LogP contribution in [-0.4, -0.2) is 31.6 Å². The molecule has 0 saturated heterocycles. The molecule has 0 bridgehead atoms. The van der Waals surface area contributed by atoms with Crippen LogP contribution in [0, 0.1) is 0 Å². The lowest BCUT2D eigenvalue weighted by atomic mass is 10.2. The summed E-state index contributed by atoms with van der Waals surface area (Å²) in [5.74, 6) is -0.704. The van der Waals surface area contributed by atoms with Crippen LogP contribution in [0.15, 0.2) is 18.2 Å². The van der Waals surface area contributed by atoms with Gasteiger partial charge in [-0.05, 0) is 18.2 Å². The zero-order valence-electron chi connectivity index (χ0n) is 11.1. The first kappa shape index (κ1) is 15.5. The molecule has 19 heavy (non-hydrogen) atoms.